The van der Waals surface area contributed by atoms with E-state index in [0.717, 1.165) is 29.7 Å². The van der Waals surface area contributed by atoms with Crippen LogP contribution in [-0.2, 0) is 12.8 Å². The lowest BCUT2D eigenvalue weighted by molar-refractivity contribution is 0.625. The summed E-state index contributed by atoms with van der Waals surface area (Å²) in [5.41, 5.74) is 8.77. The van der Waals surface area contributed by atoms with Crippen LogP contribution < -0.4 is 5.73 Å². The van der Waals surface area contributed by atoms with Crippen molar-refractivity contribution >= 4 is 5.69 Å². The van der Waals surface area contributed by atoms with Crippen LogP contribution in [0.3, 0.4) is 0 Å². The topological polar surface area (TPSA) is 26.0 Å². The van der Waals surface area contributed by atoms with Gasteiger partial charge < -0.3 is 5.73 Å². The van der Waals surface area contributed by atoms with Crippen LogP contribution in [0.15, 0.2) is 48.5 Å². The molecule has 2 heteroatoms. The van der Waals surface area contributed by atoms with Crippen LogP contribution in [0.25, 0.3) is 0 Å². The van der Waals surface area contributed by atoms with Crippen LogP contribution in [0, 0.1) is 5.82 Å². The van der Waals surface area contributed by atoms with Gasteiger partial charge in [0.25, 0.3) is 0 Å². The molecule has 0 saturated heterocycles. The summed E-state index contributed by atoms with van der Waals surface area (Å²) in [5.74, 6) is -0.182. The Morgan fingerprint density at radius 1 is 0.938 bits per heavy atom. The number of halogens is 1. The van der Waals surface area contributed by atoms with E-state index in [9.17, 15) is 4.39 Å². The van der Waals surface area contributed by atoms with Crippen molar-refractivity contribution in [3.05, 3.63) is 65.5 Å². The predicted molar refractivity (Wildman–Crippen MR) is 64.7 cm³/mol. The zero-order valence-corrected chi connectivity index (χ0v) is 8.99. The molecule has 0 aliphatic carbocycles. The molecule has 0 aliphatic rings. The van der Waals surface area contributed by atoms with Crippen molar-refractivity contribution in [2.75, 3.05) is 5.73 Å². The summed E-state index contributed by atoms with van der Waals surface area (Å²) in [6.07, 6.45) is 1.65. The van der Waals surface area contributed by atoms with E-state index in [4.69, 9.17) is 5.73 Å². The highest BCUT2D eigenvalue weighted by molar-refractivity contribution is 5.46. The maximum atomic E-state index is 12.9. The molecular weight excluding hydrogens is 201 g/mol. The summed E-state index contributed by atoms with van der Waals surface area (Å²) < 4.78 is 12.9. The smallest absolute Gasteiger partial charge is 0.123 e. The van der Waals surface area contributed by atoms with Gasteiger partial charge in [0, 0.05) is 5.69 Å². The maximum Gasteiger partial charge on any atom is 0.123 e. The minimum atomic E-state index is -0.182. The Morgan fingerprint density at radius 2 is 1.75 bits per heavy atom. The molecule has 0 fully saturated rings. The van der Waals surface area contributed by atoms with Gasteiger partial charge in [0.05, 0.1) is 0 Å². The Hall–Kier alpha value is -1.83. The molecule has 0 aromatic heterocycles. The first-order valence-corrected chi connectivity index (χ1v) is 5.33. The van der Waals surface area contributed by atoms with Crippen molar-refractivity contribution in [1.82, 2.24) is 0 Å². The summed E-state index contributed by atoms with van der Waals surface area (Å²) in [6, 6.07) is 14.5. The second kappa shape index (κ2) is 4.79. The molecule has 0 spiro atoms. The van der Waals surface area contributed by atoms with Gasteiger partial charge in [-0.2, -0.15) is 0 Å². The van der Waals surface area contributed by atoms with Gasteiger partial charge >= 0.3 is 0 Å². The molecule has 0 heterocycles. The first kappa shape index (κ1) is 10.7. The number of nitrogen functional groups attached to an aromatic ring is 1. The van der Waals surface area contributed by atoms with Gasteiger partial charge in [0.1, 0.15) is 5.82 Å². The van der Waals surface area contributed by atoms with Crippen molar-refractivity contribution in [3.8, 4) is 0 Å². The van der Waals surface area contributed by atoms with Crippen LogP contribution in [0.5, 0.6) is 0 Å². The summed E-state index contributed by atoms with van der Waals surface area (Å²) in [6.45, 7) is 0. The number of nitrogens with two attached hydrogens (primary N) is 1. The van der Waals surface area contributed by atoms with E-state index in [0.29, 0.717) is 0 Å². The number of para-hydroxylation sites is 1. The molecule has 0 bridgehead atoms. The molecule has 0 amide bonds. The molecule has 2 aromatic carbocycles. The normalized spacial score (nSPS) is 10.3. The molecule has 2 aromatic rings. The lowest BCUT2D eigenvalue weighted by Crippen LogP contribution is -1.96. The minimum absolute atomic E-state index is 0.182. The van der Waals surface area contributed by atoms with Crippen LogP contribution in [-0.4, -0.2) is 0 Å². The number of hydrogen-bond acceptors (Lipinski definition) is 1. The zero-order valence-electron chi connectivity index (χ0n) is 8.99. The molecule has 0 saturated carbocycles. The van der Waals surface area contributed by atoms with Crippen molar-refractivity contribution in [1.29, 1.82) is 0 Å². The third-order valence-electron chi connectivity index (χ3n) is 2.63. The second-order valence-corrected chi connectivity index (χ2v) is 3.83. The Balaban J connectivity index is 2.05. The average molecular weight is 215 g/mol. The maximum absolute atomic E-state index is 12.9. The molecule has 16 heavy (non-hydrogen) atoms. The molecule has 2 rings (SSSR count). The number of rotatable bonds is 3. The fourth-order valence-electron chi connectivity index (χ4n) is 1.73. The van der Waals surface area contributed by atoms with Crippen LogP contribution in [0.1, 0.15) is 11.1 Å². The van der Waals surface area contributed by atoms with E-state index >= 15 is 0 Å². The minimum Gasteiger partial charge on any atom is -0.399 e. The van der Waals surface area contributed by atoms with Gasteiger partial charge in [-0.3, -0.25) is 0 Å². The Labute approximate surface area is 94.7 Å². The highest BCUT2D eigenvalue weighted by Gasteiger charge is 2.00. The lowest BCUT2D eigenvalue weighted by atomic mass is 10.0. The van der Waals surface area contributed by atoms with E-state index < -0.39 is 0 Å². The van der Waals surface area contributed by atoms with Crippen LogP contribution in [0.4, 0.5) is 10.1 Å². The summed E-state index contributed by atoms with van der Waals surface area (Å²) in [7, 11) is 0. The van der Waals surface area contributed by atoms with Gasteiger partial charge in [-0.15, -0.1) is 0 Å². The van der Waals surface area contributed by atoms with Crippen molar-refractivity contribution < 1.29 is 4.39 Å². The quantitative estimate of drug-likeness (QED) is 0.782. The number of hydrogen-bond donors (Lipinski definition) is 1. The lowest BCUT2D eigenvalue weighted by Gasteiger charge is -2.05. The van der Waals surface area contributed by atoms with Gasteiger partial charge in [-0.25, -0.2) is 4.39 Å². The second-order valence-electron chi connectivity index (χ2n) is 3.83. The van der Waals surface area contributed by atoms with Gasteiger partial charge in [-0.1, -0.05) is 30.3 Å². The Kier molecular flexibility index (Phi) is 3.20. The fraction of sp³-hybridized carbons (Fsp3) is 0.143. The summed E-state index contributed by atoms with van der Waals surface area (Å²) >= 11 is 0. The number of anilines is 1. The molecule has 0 unspecified atom stereocenters. The summed E-state index contributed by atoms with van der Waals surface area (Å²) in [4.78, 5) is 0. The fourth-order valence-corrected chi connectivity index (χ4v) is 1.73. The van der Waals surface area contributed by atoms with E-state index in [-0.39, 0.29) is 5.82 Å². The largest absolute Gasteiger partial charge is 0.399 e. The zero-order chi connectivity index (χ0) is 11.4. The monoisotopic (exact) mass is 215 g/mol. The third-order valence-corrected chi connectivity index (χ3v) is 2.63. The standard InChI is InChI=1S/C14H14FN/c15-13-6-3-4-11(10-13)8-9-12-5-1-2-7-14(12)16/h1-7,10H,8-9,16H2. The van der Waals surface area contributed by atoms with Crippen molar-refractivity contribution in [3.63, 3.8) is 0 Å². The van der Waals surface area contributed by atoms with Crippen molar-refractivity contribution in [2.45, 2.75) is 12.8 Å². The molecule has 1 nitrogen and oxygen atoms in total. The summed E-state index contributed by atoms with van der Waals surface area (Å²) in [5, 5.41) is 0. The average Bonchev–Trinajstić information content (AvgIpc) is 2.28. The van der Waals surface area contributed by atoms with Crippen LogP contribution in [0.2, 0.25) is 0 Å². The van der Waals surface area contributed by atoms with E-state index in [2.05, 4.69) is 0 Å². The molecule has 0 radical (unpaired) electrons. The first-order valence-electron chi connectivity index (χ1n) is 5.33. The van der Waals surface area contributed by atoms with Gasteiger partial charge in [-0.05, 0) is 42.2 Å². The highest BCUT2D eigenvalue weighted by Crippen LogP contribution is 2.14. The molecule has 2 N–H and O–H groups in total. The van der Waals surface area contributed by atoms with E-state index in [1.54, 1.807) is 12.1 Å². The Morgan fingerprint density at radius 3 is 2.50 bits per heavy atom. The molecule has 0 atom stereocenters. The number of aryl methyl sites for hydroxylation is 2. The first-order chi connectivity index (χ1) is 7.75. The van der Waals surface area contributed by atoms with Crippen LogP contribution >= 0.6 is 0 Å². The Bertz CT molecular complexity index is 480. The number of benzene rings is 2. The van der Waals surface area contributed by atoms with Crippen molar-refractivity contribution in [2.24, 2.45) is 0 Å². The third kappa shape index (κ3) is 2.60. The van der Waals surface area contributed by atoms with Gasteiger partial charge in [0.2, 0.25) is 0 Å². The highest BCUT2D eigenvalue weighted by atomic mass is 19.1. The van der Waals surface area contributed by atoms with E-state index in [1.807, 2.05) is 30.3 Å². The SMILES string of the molecule is Nc1ccccc1CCc1cccc(F)c1. The molecule has 82 valence electrons. The van der Waals surface area contributed by atoms with Gasteiger partial charge in [0.15, 0.2) is 0 Å². The molecular formula is C14H14FN. The molecule has 0 aliphatic heterocycles. The predicted octanol–water partition coefficient (Wildman–Crippen LogP) is 3.19. The van der Waals surface area contributed by atoms with E-state index in [1.165, 1.54) is 6.07 Å².